The summed E-state index contributed by atoms with van der Waals surface area (Å²) in [7, 11) is 0. The van der Waals surface area contributed by atoms with Crippen molar-refractivity contribution in [1.82, 2.24) is 19.9 Å². The number of pyridine rings is 1. The SMILES string of the molecule is c1ccc(-c2nc(-c3ccccc3)nc(-c3ccc(-c4ccc(-c5cc6c7c(cccc7n5)C(c5ccccc5)(c5ccccc5)c5ccccc5-6)cc4)cc3)n2)cc1. The quantitative estimate of drug-likeness (QED) is 0.163. The Morgan fingerprint density at radius 1 is 0.288 bits per heavy atom. The lowest BCUT2D eigenvalue weighted by atomic mass is 9.60. The van der Waals surface area contributed by atoms with Gasteiger partial charge in [0.2, 0.25) is 0 Å². The smallest absolute Gasteiger partial charge is 0.164 e. The molecule has 0 saturated heterocycles. The van der Waals surface area contributed by atoms with Gasteiger partial charge in [-0.25, -0.2) is 19.9 Å². The molecule has 59 heavy (non-hydrogen) atoms. The first-order valence-corrected chi connectivity index (χ1v) is 20.0. The average molecular weight is 753 g/mol. The highest BCUT2D eigenvalue weighted by Gasteiger charge is 2.44. The highest BCUT2D eigenvalue weighted by atomic mass is 15.0. The Hall–Kier alpha value is -7.82. The molecule has 2 heterocycles. The van der Waals surface area contributed by atoms with Crippen LogP contribution in [0.15, 0.2) is 218 Å². The van der Waals surface area contributed by atoms with Crippen LogP contribution in [0, 0.1) is 0 Å². The minimum atomic E-state index is -0.496. The second-order valence-corrected chi connectivity index (χ2v) is 15.0. The molecule has 0 radical (unpaired) electrons. The van der Waals surface area contributed by atoms with Gasteiger partial charge in [0.05, 0.1) is 16.6 Å². The Balaban J connectivity index is 0.967. The van der Waals surface area contributed by atoms with Gasteiger partial charge in [-0.3, -0.25) is 0 Å². The third kappa shape index (κ3) is 5.84. The lowest BCUT2D eigenvalue weighted by Gasteiger charge is -2.42. The zero-order valence-corrected chi connectivity index (χ0v) is 32.1. The maximum absolute atomic E-state index is 5.36. The second kappa shape index (κ2) is 14.3. The number of hydrogen-bond acceptors (Lipinski definition) is 4. The molecule has 276 valence electrons. The van der Waals surface area contributed by atoms with Crippen LogP contribution in [0.5, 0.6) is 0 Å². The van der Waals surface area contributed by atoms with Crippen molar-refractivity contribution < 1.29 is 0 Å². The van der Waals surface area contributed by atoms with E-state index in [1.807, 2.05) is 60.7 Å². The van der Waals surface area contributed by atoms with Gasteiger partial charge in [0, 0.05) is 27.6 Å². The Labute approximate surface area is 343 Å². The largest absolute Gasteiger partial charge is 0.248 e. The van der Waals surface area contributed by atoms with E-state index < -0.39 is 5.41 Å². The molecule has 0 bridgehead atoms. The summed E-state index contributed by atoms with van der Waals surface area (Å²) in [4.78, 5) is 20.0. The highest BCUT2D eigenvalue weighted by Crippen LogP contribution is 2.55. The molecule has 0 atom stereocenters. The van der Waals surface area contributed by atoms with E-state index in [9.17, 15) is 0 Å². The number of fused-ring (bicyclic) bond motifs is 2. The van der Waals surface area contributed by atoms with Crippen LogP contribution in [0.1, 0.15) is 22.3 Å². The van der Waals surface area contributed by atoms with Gasteiger partial charge < -0.3 is 0 Å². The summed E-state index contributed by atoms with van der Waals surface area (Å²) in [6, 6.07) is 77.0. The summed E-state index contributed by atoms with van der Waals surface area (Å²) in [5.74, 6) is 1.94. The molecule has 10 aromatic rings. The van der Waals surface area contributed by atoms with Gasteiger partial charge in [0.1, 0.15) is 0 Å². The van der Waals surface area contributed by atoms with Crippen molar-refractivity contribution in [2.24, 2.45) is 0 Å². The summed E-state index contributed by atoms with van der Waals surface area (Å²) in [5, 5.41) is 1.20. The summed E-state index contributed by atoms with van der Waals surface area (Å²) in [5.41, 5.74) is 15.0. The van der Waals surface area contributed by atoms with Crippen molar-refractivity contribution in [1.29, 1.82) is 0 Å². The van der Waals surface area contributed by atoms with Crippen molar-refractivity contribution in [2.75, 3.05) is 0 Å². The van der Waals surface area contributed by atoms with Crippen molar-refractivity contribution in [2.45, 2.75) is 5.41 Å². The van der Waals surface area contributed by atoms with E-state index >= 15 is 0 Å². The fourth-order valence-corrected chi connectivity index (χ4v) is 8.90. The predicted octanol–water partition coefficient (Wildman–Crippen LogP) is 13.1. The second-order valence-electron chi connectivity index (χ2n) is 15.0. The topological polar surface area (TPSA) is 51.6 Å². The molecule has 0 spiro atoms. The minimum Gasteiger partial charge on any atom is -0.248 e. The van der Waals surface area contributed by atoms with Crippen molar-refractivity contribution in [3.05, 3.63) is 241 Å². The molecule has 4 nitrogen and oxygen atoms in total. The predicted molar refractivity (Wildman–Crippen MR) is 240 cm³/mol. The summed E-state index contributed by atoms with van der Waals surface area (Å²) < 4.78 is 0. The molecule has 0 amide bonds. The minimum absolute atomic E-state index is 0.496. The molecule has 0 aliphatic heterocycles. The lowest BCUT2D eigenvalue weighted by Crippen LogP contribution is -2.33. The van der Waals surface area contributed by atoms with E-state index in [0.29, 0.717) is 17.5 Å². The summed E-state index contributed by atoms with van der Waals surface area (Å²) in [6.45, 7) is 0. The molecule has 0 saturated carbocycles. The Morgan fingerprint density at radius 2 is 0.712 bits per heavy atom. The lowest BCUT2D eigenvalue weighted by molar-refractivity contribution is 0.749. The molecular weight excluding hydrogens is 717 g/mol. The van der Waals surface area contributed by atoms with E-state index in [2.05, 4.69) is 158 Å². The highest BCUT2D eigenvalue weighted by molar-refractivity contribution is 6.04. The maximum atomic E-state index is 5.36. The molecule has 0 unspecified atom stereocenters. The number of nitrogens with zero attached hydrogens (tertiary/aromatic N) is 4. The first kappa shape index (κ1) is 34.4. The van der Waals surface area contributed by atoms with Gasteiger partial charge in [-0.2, -0.15) is 0 Å². The molecule has 4 heteroatoms. The molecule has 0 fully saturated rings. The molecule has 11 rings (SSSR count). The van der Waals surface area contributed by atoms with Crippen molar-refractivity contribution in [3.8, 4) is 67.7 Å². The van der Waals surface area contributed by atoms with E-state index in [0.717, 1.165) is 44.6 Å². The molecule has 0 N–H and O–H groups in total. The first-order chi connectivity index (χ1) is 29.2. The monoisotopic (exact) mass is 752 g/mol. The van der Waals surface area contributed by atoms with Gasteiger partial charge in [0.25, 0.3) is 0 Å². The fourth-order valence-electron chi connectivity index (χ4n) is 8.90. The molecule has 2 aromatic heterocycles. The van der Waals surface area contributed by atoms with E-state index in [1.54, 1.807) is 0 Å². The Kier molecular flexibility index (Phi) is 8.34. The normalized spacial score (nSPS) is 12.5. The van der Waals surface area contributed by atoms with Crippen molar-refractivity contribution >= 4 is 10.9 Å². The standard InChI is InChI=1S/C55H36N4/c1-5-16-40(17-6-1)52-57-53(41-18-7-2-8-19-41)59-54(58-52)42-34-30-38(31-35-42)37-28-32-39(33-29-37)50-36-46-45-24-13-14-25-47(45)55(43-20-9-3-10-21-43,44-22-11-4-12-23-44)48-26-15-27-49(56-50)51(46)48/h1-36H. The number of rotatable bonds is 7. The Morgan fingerprint density at radius 3 is 1.25 bits per heavy atom. The fraction of sp³-hybridized carbons (Fsp3) is 0.0182. The third-order valence-corrected chi connectivity index (χ3v) is 11.6. The van der Waals surface area contributed by atoms with E-state index in [1.165, 1.54) is 38.8 Å². The van der Waals surface area contributed by atoms with Crippen LogP contribution in [0.2, 0.25) is 0 Å². The van der Waals surface area contributed by atoms with E-state index in [-0.39, 0.29) is 0 Å². The van der Waals surface area contributed by atoms with Crippen molar-refractivity contribution in [3.63, 3.8) is 0 Å². The third-order valence-electron chi connectivity index (χ3n) is 11.6. The molecule has 1 aliphatic carbocycles. The number of aromatic nitrogens is 4. The summed E-state index contributed by atoms with van der Waals surface area (Å²) >= 11 is 0. The van der Waals surface area contributed by atoms with Gasteiger partial charge >= 0.3 is 0 Å². The molecule has 1 aliphatic rings. The number of hydrogen-bond donors (Lipinski definition) is 0. The van der Waals surface area contributed by atoms with Gasteiger partial charge in [-0.1, -0.05) is 206 Å². The Bertz CT molecular complexity index is 3010. The zero-order chi connectivity index (χ0) is 39.2. The zero-order valence-electron chi connectivity index (χ0n) is 32.1. The van der Waals surface area contributed by atoms with Crippen LogP contribution < -0.4 is 0 Å². The van der Waals surface area contributed by atoms with Crippen LogP contribution in [0.4, 0.5) is 0 Å². The van der Waals surface area contributed by atoms with E-state index in [4.69, 9.17) is 19.9 Å². The van der Waals surface area contributed by atoms with Crippen LogP contribution in [0.25, 0.3) is 78.6 Å². The van der Waals surface area contributed by atoms with Crippen LogP contribution in [-0.2, 0) is 5.41 Å². The molecular formula is C55H36N4. The van der Waals surface area contributed by atoms with Gasteiger partial charge in [0.15, 0.2) is 17.5 Å². The van der Waals surface area contributed by atoms with Gasteiger partial charge in [-0.05, 0) is 56.6 Å². The number of benzene rings is 8. The molecule has 8 aromatic carbocycles. The summed E-state index contributed by atoms with van der Waals surface area (Å²) in [6.07, 6.45) is 0. The maximum Gasteiger partial charge on any atom is 0.164 e. The van der Waals surface area contributed by atoms with Crippen LogP contribution in [-0.4, -0.2) is 19.9 Å². The van der Waals surface area contributed by atoms with Crippen LogP contribution >= 0.6 is 0 Å². The van der Waals surface area contributed by atoms with Gasteiger partial charge in [-0.15, -0.1) is 0 Å². The first-order valence-electron chi connectivity index (χ1n) is 20.0. The van der Waals surface area contributed by atoms with Crippen LogP contribution in [0.3, 0.4) is 0 Å². The average Bonchev–Trinajstić information content (AvgIpc) is 3.33.